The predicted octanol–water partition coefficient (Wildman–Crippen LogP) is 0.589. The third-order valence-corrected chi connectivity index (χ3v) is 1.23. The van der Waals surface area contributed by atoms with Crippen LogP contribution in [-0.2, 0) is 14.3 Å². The SMILES string of the molecule is C[CH]C(C(C)=O)C(=O)OC. The lowest BCUT2D eigenvalue weighted by Crippen LogP contribution is -2.22. The van der Waals surface area contributed by atoms with Gasteiger partial charge in [0.05, 0.1) is 7.11 Å². The number of hydrogen-bond donors (Lipinski definition) is 0. The summed E-state index contributed by atoms with van der Waals surface area (Å²) in [5, 5.41) is 0. The molecule has 0 aliphatic carbocycles. The van der Waals surface area contributed by atoms with Crippen LogP contribution in [-0.4, -0.2) is 18.9 Å². The second-order valence-electron chi connectivity index (χ2n) is 1.94. The van der Waals surface area contributed by atoms with E-state index in [1.54, 1.807) is 6.92 Å². The van der Waals surface area contributed by atoms with Crippen LogP contribution in [0.25, 0.3) is 0 Å². The van der Waals surface area contributed by atoms with Gasteiger partial charge in [-0.3, -0.25) is 9.59 Å². The van der Waals surface area contributed by atoms with Gasteiger partial charge in [-0.15, -0.1) is 0 Å². The molecule has 0 heterocycles. The van der Waals surface area contributed by atoms with Crippen molar-refractivity contribution in [1.82, 2.24) is 0 Å². The summed E-state index contributed by atoms with van der Waals surface area (Å²) in [7, 11) is 1.27. The average Bonchev–Trinajstić information content (AvgIpc) is 1.88. The van der Waals surface area contributed by atoms with Crippen LogP contribution < -0.4 is 0 Å². The number of carbonyl (C=O) groups excluding carboxylic acids is 2. The maximum absolute atomic E-state index is 10.7. The van der Waals surface area contributed by atoms with Crippen molar-refractivity contribution < 1.29 is 14.3 Å². The summed E-state index contributed by atoms with van der Waals surface area (Å²) in [5.74, 6) is -1.37. The molecule has 3 nitrogen and oxygen atoms in total. The summed E-state index contributed by atoms with van der Waals surface area (Å²) in [6, 6.07) is 0. The minimum atomic E-state index is -0.690. The number of Topliss-reactive ketones (excluding diaryl/α,β-unsaturated/α-hetero) is 1. The number of methoxy groups -OCH3 is 1. The number of ketones is 1. The third-order valence-electron chi connectivity index (χ3n) is 1.23. The molecule has 1 atom stereocenters. The van der Waals surface area contributed by atoms with Gasteiger partial charge in [0.2, 0.25) is 0 Å². The Morgan fingerprint density at radius 3 is 2.10 bits per heavy atom. The summed E-state index contributed by atoms with van der Waals surface area (Å²) in [6.07, 6.45) is 1.52. The zero-order valence-electron chi connectivity index (χ0n) is 6.38. The molecule has 0 bridgehead atoms. The predicted molar refractivity (Wildman–Crippen MR) is 36.2 cm³/mol. The molecule has 10 heavy (non-hydrogen) atoms. The maximum Gasteiger partial charge on any atom is 0.316 e. The van der Waals surface area contributed by atoms with Crippen molar-refractivity contribution >= 4 is 11.8 Å². The molecule has 0 spiro atoms. The van der Waals surface area contributed by atoms with E-state index in [2.05, 4.69) is 4.74 Å². The zero-order valence-corrected chi connectivity index (χ0v) is 6.38. The highest BCUT2D eigenvalue weighted by Crippen LogP contribution is 2.03. The van der Waals surface area contributed by atoms with Gasteiger partial charge in [-0.05, 0) is 13.3 Å². The number of esters is 1. The Kier molecular flexibility index (Phi) is 3.69. The molecule has 0 aromatic heterocycles. The highest BCUT2D eigenvalue weighted by molar-refractivity contribution is 5.98. The summed E-state index contributed by atoms with van der Waals surface area (Å²) in [6.45, 7) is 3.02. The fraction of sp³-hybridized carbons (Fsp3) is 0.571. The van der Waals surface area contributed by atoms with E-state index < -0.39 is 11.9 Å². The van der Waals surface area contributed by atoms with E-state index in [1.165, 1.54) is 20.5 Å². The summed E-state index contributed by atoms with van der Waals surface area (Å²) in [5.41, 5.74) is 0. The van der Waals surface area contributed by atoms with Crippen LogP contribution in [0.2, 0.25) is 0 Å². The Bertz CT molecular complexity index is 140. The Balaban J connectivity index is 4.06. The van der Waals surface area contributed by atoms with Gasteiger partial charge < -0.3 is 4.74 Å². The Hall–Kier alpha value is -0.860. The van der Waals surface area contributed by atoms with Crippen molar-refractivity contribution in [2.45, 2.75) is 13.8 Å². The van der Waals surface area contributed by atoms with Gasteiger partial charge in [-0.25, -0.2) is 0 Å². The lowest BCUT2D eigenvalue weighted by atomic mass is 10.0. The molecule has 1 unspecified atom stereocenters. The van der Waals surface area contributed by atoms with Gasteiger partial charge in [0, 0.05) is 0 Å². The van der Waals surface area contributed by atoms with Gasteiger partial charge in [-0.2, -0.15) is 0 Å². The Labute approximate surface area is 60.4 Å². The number of hydrogen-bond acceptors (Lipinski definition) is 3. The van der Waals surface area contributed by atoms with E-state index in [9.17, 15) is 9.59 Å². The fourth-order valence-electron chi connectivity index (χ4n) is 0.664. The second-order valence-corrected chi connectivity index (χ2v) is 1.94. The summed E-state index contributed by atoms with van der Waals surface area (Å²) < 4.78 is 4.37. The van der Waals surface area contributed by atoms with E-state index in [4.69, 9.17) is 0 Å². The van der Waals surface area contributed by atoms with Crippen LogP contribution in [0.5, 0.6) is 0 Å². The van der Waals surface area contributed by atoms with Crippen molar-refractivity contribution in [3.8, 4) is 0 Å². The molecule has 0 saturated carbocycles. The van der Waals surface area contributed by atoms with Gasteiger partial charge in [0.1, 0.15) is 11.7 Å². The van der Waals surface area contributed by atoms with Crippen molar-refractivity contribution in [2.24, 2.45) is 5.92 Å². The highest BCUT2D eigenvalue weighted by atomic mass is 16.5. The smallest absolute Gasteiger partial charge is 0.316 e. The van der Waals surface area contributed by atoms with E-state index >= 15 is 0 Å². The first-order valence-electron chi connectivity index (χ1n) is 3.01. The summed E-state index contributed by atoms with van der Waals surface area (Å²) in [4.78, 5) is 21.4. The van der Waals surface area contributed by atoms with E-state index in [0.717, 1.165) is 0 Å². The highest BCUT2D eigenvalue weighted by Gasteiger charge is 2.21. The van der Waals surface area contributed by atoms with Crippen LogP contribution in [0.1, 0.15) is 13.8 Å². The van der Waals surface area contributed by atoms with Crippen LogP contribution in [0, 0.1) is 12.3 Å². The molecule has 0 amide bonds. The fourth-order valence-corrected chi connectivity index (χ4v) is 0.664. The molecule has 0 aromatic carbocycles. The molecule has 0 fully saturated rings. The van der Waals surface area contributed by atoms with Crippen LogP contribution >= 0.6 is 0 Å². The zero-order chi connectivity index (χ0) is 8.15. The van der Waals surface area contributed by atoms with Gasteiger partial charge in [0.25, 0.3) is 0 Å². The van der Waals surface area contributed by atoms with Crippen molar-refractivity contribution in [3.63, 3.8) is 0 Å². The molecule has 3 heteroatoms. The minimum Gasteiger partial charge on any atom is -0.468 e. The number of ether oxygens (including phenoxy) is 1. The van der Waals surface area contributed by atoms with Gasteiger partial charge in [-0.1, -0.05) is 6.92 Å². The largest absolute Gasteiger partial charge is 0.468 e. The molecule has 0 saturated heterocycles. The number of rotatable bonds is 3. The van der Waals surface area contributed by atoms with Crippen molar-refractivity contribution in [3.05, 3.63) is 6.42 Å². The van der Waals surface area contributed by atoms with Gasteiger partial charge in [0.15, 0.2) is 0 Å². The quantitative estimate of drug-likeness (QED) is 0.429. The van der Waals surface area contributed by atoms with Crippen LogP contribution in [0.4, 0.5) is 0 Å². The Morgan fingerprint density at radius 1 is 1.50 bits per heavy atom. The molecule has 57 valence electrons. The first-order valence-corrected chi connectivity index (χ1v) is 3.01. The molecular formula is C7H11O3. The topological polar surface area (TPSA) is 43.4 Å². The third kappa shape index (κ3) is 2.17. The first-order chi connectivity index (χ1) is 4.63. The van der Waals surface area contributed by atoms with Crippen LogP contribution in [0.15, 0.2) is 0 Å². The second kappa shape index (κ2) is 4.04. The molecule has 0 aliphatic heterocycles. The lowest BCUT2D eigenvalue weighted by molar-refractivity contribution is -0.147. The molecule has 0 N–H and O–H groups in total. The minimum absolute atomic E-state index is 0.186. The standard InChI is InChI=1S/C7H11O3/c1-4-6(5(2)8)7(9)10-3/h4,6H,1-3H3. The lowest BCUT2D eigenvalue weighted by Gasteiger charge is -2.06. The maximum atomic E-state index is 10.7. The molecule has 0 rings (SSSR count). The van der Waals surface area contributed by atoms with E-state index in [0.29, 0.717) is 0 Å². The molecule has 0 aliphatic rings. The molecular weight excluding hydrogens is 132 g/mol. The van der Waals surface area contributed by atoms with Crippen molar-refractivity contribution in [2.75, 3.05) is 7.11 Å². The summed E-state index contributed by atoms with van der Waals surface area (Å²) >= 11 is 0. The van der Waals surface area contributed by atoms with E-state index in [1.807, 2.05) is 0 Å². The normalized spacial score (nSPS) is 12.3. The first kappa shape index (κ1) is 9.14. The number of carbonyl (C=O) groups is 2. The van der Waals surface area contributed by atoms with Crippen LogP contribution in [0.3, 0.4) is 0 Å². The van der Waals surface area contributed by atoms with Crippen molar-refractivity contribution in [1.29, 1.82) is 0 Å². The van der Waals surface area contributed by atoms with E-state index in [-0.39, 0.29) is 5.78 Å². The Morgan fingerprint density at radius 2 is 2.00 bits per heavy atom. The monoisotopic (exact) mass is 143 g/mol. The van der Waals surface area contributed by atoms with Gasteiger partial charge >= 0.3 is 5.97 Å². The molecule has 0 aromatic rings. The molecule has 1 radical (unpaired) electrons. The average molecular weight is 143 g/mol.